The molecule has 0 aliphatic carbocycles. The van der Waals surface area contributed by atoms with Crippen LogP contribution in [0, 0.1) is 0 Å². The van der Waals surface area contributed by atoms with E-state index in [0.29, 0.717) is 11.3 Å². The van der Waals surface area contributed by atoms with E-state index in [4.69, 9.17) is 16.3 Å². The van der Waals surface area contributed by atoms with Crippen molar-refractivity contribution in [2.75, 3.05) is 0 Å². The van der Waals surface area contributed by atoms with Gasteiger partial charge in [-0.1, -0.05) is 13.3 Å². The van der Waals surface area contributed by atoms with E-state index in [-0.39, 0.29) is 5.28 Å². The predicted molar refractivity (Wildman–Crippen MR) is 55.3 cm³/mol. The van der Waals surface area contributed by atoms with Crippen LogP contribution in [-0.2, 0) is 10.3 Å². The predicted octanol–water partition coefficient (Wildman–Crippen LogP) is 2.17. The Hall–Kier alpha value is -0.710. The molecule has 15 heavy (non-hydrogen) atoms. The molecular weight excluding hydrogens is 216 g/mol. The number of halogens is 1. The van der Waals surface area contributed by atoms with Crippen LogP contribution in [0.3, 0.4) is 0 Å². The molecule has 1 aromatic rings. The van der Waals surface area contributed by atoms with Gasteiger partial charge in [0.05, 0.1) is 11.3 Å². The first-order chi connectivity index (χ1) is 7.07. The van der Waals surface area contributed by atoms with Crippen LogP contribution in [0.25, 0.3) is 0 Å². The van der Waals surface area contributed by atoms with Crippen LogP contribution >= 0.6 is 11.6 Å². The average molecular weight is 229 g/mol. The van der Waals surface area contributed by atoms with E-state index in [0.717, 1.165) is 12.8 Å². The Bertz CT molecular complexity index is 386. The van der Waals surface area contributed by atoms with Gasteiger partial charge in [0, 0.05) is 6.20 Å². The van der Waals surface area contributed by atoms with Gasteiger partial charge in [0.25, 0.3) is 0 Å². The Morgan fingerprint density at radius 1 is 1.67 bits per heavy atom. The van der Waals surface area contributed by atoms with Crippen molar-refractivity contribution in [2.24, 2.45) is 0 Å². The highest BCUT2D eigenvalue weighted by molar-refractivity contribution is 6.28. The van der Waals surface area contributed by atoms with E-state index in [1.807, 2.05) is 6.92 Å². The number of ether oxygens (including phenoxy) is 1. The summed E-state index contributed by atoms with van der Waals surface area (Å²) in [5.74, 6) is 0. The molecule has 0 saturated carbocycles. The fourth-order valence-electron chi connectivity index (χ4n) is 1.99. The number of nitrogens with zero attached hydrogens (tertiary/aromatic N) is 2. The standard InChI is InChI=1S/C10H13ClN2O2/c1-3-4-10(2)7-6(8(14)15-10)5-12-9(11)13-7/h5,8,14H,3-4H2,1-2H3. The van der Waals surface area contributed by atoms with E-state index in [2.05, 4.69) is 16.9 Å². The number of fused-ring (bicyclic) bond motifs is 1. The van der Waals surface area contributed by atoms with E-state index < -0.39 is 11.9 Å². The first-order valence-electron chi connectivity index (χ1n) is 4.95. The minimum Gasteiger partial charge on any atom is -0.364 e. The lowest BCUT2D eigenvalue weighted by atomic mass is 9.95. The summed E-state index contributed by atoms with van der Waals surface area (Å²) in [6.45, 7) is 3.97. The van der Waals surface area contributed by atoms with E-state index in [9.17, 15) is 5.11 Å². The van der Waals surface area contributed by atoms with Crippen LogP contribution in [0.15, 0.2) is 6.20 Å². The highest BCUT2D eigenvalue weighted by Gasteiger charge is 2.42. The van der Waals surface area contributed by atoms with Crippen LogP contribution in [0.2, 0.25) is 5.28 Å². The molecule has 0 bridgehead atoms. The third-order valence-electron chi connectivity index (χ3n) is 2.65. The summed E-state index contributed by atoms with van der Waals surface area (Å²) in [5.41, 5.74) is 0.781. The highest BCUT2D eigenvalue weighted by atomic mass is 35.5. The van der Waals surface area contributed by atoms with Crippen molar-refractivity contribution in [3.8, 4) is 0 Å². The van der Waals surface area contributed by atoms with Crippen molar-refractivity contribution in [1.82, 2.24) is 9.97 Å². The maximum absolute atomic E-state index is 9.69. The molecular formula is C10H13ClN2O2. The van der Waals surface area contributed by atoms with Crippen LogP contribution < -0.4 is 0 Å². The highest BCUT2D eigenvalue weighted by Crippen LogP contribution is 2.43. The molecule has 2 unspecified atom stereocenters. The second-order valence-electron chi connectivity index (χ2n) is 3.89. The number of aliphatic hydroxyl groups excluding tert-OH is 1. The van der Waals surface area contributed by atoms with Crippen molar-refractivity contribution in [3.63, 3.8) is 0 Å². The molecule has 4 nitrogen and oxygen atoms in total. The van der Waals surface area contributed by atoms with Crippen LogP contribution in [0.1, 0.15) is 44.2 Å². The van der Waals surface area contributed by atoms with Gasteiger partial charge in [-0.2, -0.15) is 0 Å². The molecule has 1 aliphatic heterocycles. The zero-order valence-electron chi connectivity index (χ0n) is 8.70. The lowest BCUT2D eigenvalue weighted by Crippen LogP contribution is -2.22. The van der Waals surface area contributed by atoms with Gasteiger partial charge in [-0.05, 0) is 24.9 Å². The summed E-state index contributed by atoms with van der Waals surface area (Å²) in [5, 5.41) is 9.88. The van der Waals surface area contributed by atoms with Crippen LogP contribution in [-0.4, -0.2) is 15.1 Å². The Labute approximate surface area is 93.3 Å². The molecule has 0 radical (unpaired) electrons. The average Bonchev–Trinajstić information content (AvgIpc) is 2.39. The molecule has 0 aromatic carbocycles. The minimum absolute atomic E-state index is 0.189. The summed E-state index contributed by atoms with van der Waals surface area (Å²) in [6.07, 6.45) is 2.33. The number of aromatic nitrogens is 2. The molecule has 0 saturated heterocycles. The first kappa shape index (κ1) is 10.8. The maximum Gasteiger partial charge on any atom is 0.222 e. The maximum atomic E-state index is 9.69. The number of hydrogen-bond donors (Lipinski definition) is 1. The Kier molecular flexibility index (Phi) is 2.66. The molecule has 82 valence electrons. The SMILES string of the molecule is CCCC1(C)OC(O)c2cnc(Cl)nc21. The van der Waals surface area contributed by atoms with E-state index in [1.165, 1.54) is 6.20 Å². The lowest BCUT2D eigenvalue weighted by Gasteiger charge is -2.23. The Morgan fingerprint density at radius 2 is 2.40 bits per heavy atom. The van der Waals surface area contributed by atoms with E-state index in [1.54, 1.807) is 0 Å². The summed E-state index contributed by atoms with van der Waals surface area (Å²) < 4.78 is 5.51. The summed E-state index contributed by atoms with van der Waals surface area (Å²) >= 11 is 5.74. The smallest absolute Gasteiger partial charge is 0.222 e. The number of rotatable bonds is 2. The molecule has 5 heteroatoms. The summed E-state index contributed by atoms with van der Waals surface area (Å²) in [7, 11) is 0. The topological polar surface area (TPSA) is 55.2 Å². The number of hydrogen-bond acceptors (Lipinski definition) is 4. The van der Waals surface area contributed by atoms with Gasteiger partial charge < -0.3 is 9.84 Å². The van der Waals surface area contributed by atoms with Crippen LogP contribution in [0.4, 0.5) is 0 Å². The van der Waals surface area contributed by atoms with Gasteiger partial charge in [-0.15, -0.1) is 0 Å². The molecule has 2 heterocycles. The first-order valence-corrected chi connectivity index (χ1v) is 5.33. The third kappa shape index (κ3) is 1.73. The van der Waals surface area contributed by atoms with Crippen molar-refractivity contribution in [2.45, 2.75) is 38.6 Å². The second kappa shape index (κ2) is 3.70. The fourth-order valence-corrected chi connectivity index (χ4v) is 2.13. The van der Waals surface area contributed by atoms with Gasteiger partial charge in [-0.3, -0.25) is 0 Å². The van der Waals surface area contributed by atoms with Gasteiger partial charge in [0.2, 0.25) is 5.28 Å². The lowest BCUT2D eigenvalue weighted by molar-refractivity contribution is -0.168. The quantitative estimate of drug-likeness (QED) is 0.789. The molecule has 0 amide bonds. The van der Waals surface area contributed by atoms with Crippen LogP contribution in [0.5, 0.6) is 0 Å². The Balaban J connectivity index is 2.47. The van der Waals surface area contributed by atoms with Gasteiger partial charge in [0.1, 0.15) is 5.60 Å². The molecule has 0 fully saturated rings. The fraction of sp³-hybridized carbons (Fsp3) is 0.600. The number of aliphatic hydroxyl groups is 1. The van der Waals surface area contributed by atoms with Crippen molar-refractivity contribution in [1.29, 1.82) is 0 Å². The largest absolute Gasteiger partial charge is 0.364 e. The molecule has 2 rings (SSSR count). The molecule has 1 aromatic heterocycles. The van der Waals surface area contributed by atoms with Gasteiger partial charge >= 0.3 is 0 Å². The molecule has 2 atom stereocenters. The third-order valence-corrected chi connectivity index (χ3v) is 2.84. The van der Waals surface area contributed by atoms with Gasteiger partial charge in [-0.25, -0.2) is 9.97 Å². The van der Waals surface area contributed by atoms with Crippen molar-refractivity contribution >= 4 is 11.6 Å². The summed E-state index contributed by atoms with van der Waals surface area (Å²) in [4.78, 5) is 7.99. The monoisotopic (exact) mass is 228 g/mol. The minimum atomic E-state index is -0.936. The second-order valence-corrected chi connectivity index (χ2v) is 4.23. The molecule has 0 spiro atoms. The van der Waals surface area contributed by atoms with E-state index >= 15 is 0 Å². The van der Waals surface area contributed by atoms with Crippen molar-refractivity contribution < 1.29 is 9.84 Å². The van der Waals surface area contributed by atoms with Crippen molar-refractivity contribution in [3.05, 3.63) is 22.7 Å². The molecule has 1 aliphatic rings. The molecule has 1 N–H and O–H groups in total. The zero-order valence-corrected chi connectivity index (χ0v) is 9.45. The Morgan fingerprint density at radius 3 is 3.07 bits per heavy atom. The zero-order chi connectivity index (χ0) is 11.1. The van der Waals surface area contributed by atoms with Gasteiger partial charge in [0.15, 0.2) is 6.29 Å². The normalized spacial score (nSPS) is 29.2. The summed E-state index contributed by atoms with van der Waals surface area (Å²) in [6, 6.07) is 0.